The molecular formula is C21H38O2. The van der Waals surface area contributed by atoms with Crippen LogP contribution in [0.5, 0.6) is 0 Å². The van der Waals surface area contributed by atoms with E-state index >= 15 is 0 Å². The van der Waals surface area contributed by atoms with Crippen LogP contribution in [0.1, 0.15) is 110 Å². The first kappa shape index (κ1) is 20.3. The third kappa shape index (κ3) is 10.6. The fraction of sp³-hybridized carbons (Fsp3) is 0.857. The summed E-state index contributed by atoms with van der Waals surface area (Å²) in [5.74, 6) is 0.193. The molecule has 0 aliphatic heterocycles. The van der Waals surface area contributed by atoms with E-state index < -0.39 is 0 Å². The maximum Gasteiger partial charge on any atom is 0.143 e. The molecule has 0 fully saturated rings. The number of carbonyl (C=O) groups excluding carboxylic acids is 1. The highest BCUT2D eigenvalue weighted by molar-refractivity contribution is 5.82. The van der Waals surface area contributed by atoms with Crippen LogP contribution >= 0.6 is 0 Å². The molecule has 1 atom stereocenters. The van der Waals surface area contributed by atoms with Gasteiger partial charge in [0.1, 0.15) is 5.78 Å². The zero-order valence-corrected chi connectivity index (χ0v) is 15.3. The summed E-state index contributed by atoms with van der Waals surface area (Å²) in [7, 11) is 0. The van der Waals surface area contributed by atoms with Crippen LogP contribution in [0.25, 0.3) is 0 Å². The van der Waals surface area contributed by atoms with Gasteiger partial charge in [-0.1, -0.05) is 77.0 Å². The van der Waals surface area contributed by atoms with E-state index in [1.165, 1.54) is 70.6 Å². The van der Waals surface area contributed by atoms with Gasteiger partial charge in [0.15, 0.2) is 0 Å². The minimum atomic E-state index is -0.305. The van der Waals surface area contributed by atoms with Crippen molar-refractivity contribution in [1.82, 2.24) is 0 Å². The molecule has 1 unspecified atom stereocenters. The van der Waals surface area contributed by atoms with Crippen LogP contribution in [-0.4, -0.2) is 10.9 Å². The molecule has 0 aromatic carbocycles. The molecule has 0 saturated heterocycles. The molecule has 0 bridgehead atoms. The van der Waals surface area contributed by atoms with E-state index in [1.54, 1.807) is 0 Å². The first-order valence-electron chi connectivity index (χ1n) is 10.1. The Morgan fingerprint density at radius 1 is 0.739 bits per heavy atom. The number of aliphatic hydroxyl groups excluding tert-OH is 1. The number of rotatable bonds is 0. The van der Waals surface area contributed by atoms with Crippen molar-refractivity contribution in [2.45, 2.75) is 110 Å². The molecule has 2 heteroatoms. The predicted octanol–water partition coefficient (Wildman–Crippen LogP) is 6.89. The van der Waals surface area contributed by atoms with Crippen molar-refractivity contribution in [2.24, 2.45) is 5.92 Å². The van der Waals surface area contributed by atoms with Gasteiger partial charge in [-0.15, -0.1) is 0 Å². The second-order valence-electron chi connectivity index (χ2n) is 7.31. The second-order valence-corrected chi connectivity index (χ2v) is 7.31. The highest BCUT2D eigenvalue weighted by atomic mass is 16.3. The van der Waals surface area contributed by atoms with Crippen molar-refractivity contribution >= 4 is 5.78 Å². The Morgan fingerprint density at radius 2 is 1.13 bits per heavy atom. The van der Waals surface area contributed by atoms with Gasteiger partial charge in [0.25, 0.3) is 0 Å². The van der Waals surface area contributed by atoms with Crippen LogP contribution in [0.4, 0.5) is 0 Å². The van der Waals surface area contributed by atoms with Gasteiger partial charge in [-0.2, -0.15) is 0 Å². The molecule has 0 amide bonds. The van der Waals surface area contributed by atoms with Gasteiger partial charge in [-0.3, -0.25) is 4.79 Å². The van der Waals surface area contributed by atoms with E-state index in [1.807, 2.05) is 13.0 Å². The Balaban J connectivity index is 2.35. The van der Waals surface area contributed by atoms with E-state index in [0.717, 1.165) is 25.7 Å². The monoisotopic (exact) mass is 322 g/mol. The van der Waals surface area contributed by atoms with Gasteiger partial charge < -0.3 is 5.11 Å². The van der Waals surface area contributed by atoms with Crippen LogP contribution in [0.3, 0.4) is 0 Å². The molecule has 2 nitrogen and oxygen atoms in total. The van der Waals surface area contributed by atoms with Gasteiger partial charge in [-0.05, 0) is 32.3 Å². The van der Waals surface area contributed by atoms with Crippen LogP contribution in [-0.2, 0) is 4.79 Å². The largest absolute Gasteiger partial charge is 0.512 e. The molecule has 134 valence electrons. The molecule has 0 heterocycles. The number of Topliss-reactive ketones (excluding diaryl/α,β-unsaturated/α-hetero) is 1. The summed E-state index contributed by atoms with van der Waals surface area (Å²) in [5, 5.41) is 10.0. The summed E-state index contributed by atoms with van der Waals surface area (Å²) in [6, 6.07) is 0. The minimum absolute atomic E-state index is 0.202. The molecule has 0 saturated carbocycles. The summed E-state index contributed by atoms with van der Waals surface area (Å²) in [6.07, 6.45) is 21.5. The maximum atomic E-state index is 12.1. The number of hydrogen-bond acceptors (Lipinski definition) is 2. The lowest BCUT2D eigenvalue weighted by atomic mass is 9.97. The van der Waals surface area contributed by atoms with Crippen LogP contribution in [0, 0.1) is 5.92 Å². The summed E-state index contributed by atoms with van der Waals surface area (Å²) >= 11 is 0. The average molecular weight is 323 g/mol. The fourth-order valence-corrected chi connectivity index (χ4v) is 3.37. The smallest absolute Gasteiger partial charge is 0.143 e. The standard InChI is InChI=1S/C21H38O2/c1-19-20(22)17-15-13-11-9-7-5-3-2-4-6-8-10-12-14-16-18-21(19)23/h17,19,22H,2-16,18H2,1H3/b20-17-. The minimum Gasteiger partial charge on any atom is -0.512 e. The molecule has 1 aliphatic carbocycles. The van der Waals surface area contributed by atoms with Crippen molar-refractivity contribution in [2.75, 3.05) is 0 Å². The molecule has 1 aliphatic rings. The van der Waals surface area contributed by atoms with Gasteiger partial charge in [0.2, 0.25) is 0 Å². The molecule has 1 rings (SSSR count). The number of ketones is 1. The Morgan fingerprint density at radius 3 is 1.61 bits per heavy atom. The molecule has 0 spiro atoms. The molecular weight excluding hydrogens is 284 g/mol. The number of hydrogen-bond donors (Lipinski definition) is 1. The van der Waals surface area contributed by atoms with Crippen LogP contribution in [0.15, 0.2) is 11.8 Å². The number of carbonyl (C=O) groups is 1. The summed E-state index contributed by atoms with van der Waals surface area (Å²) in [6.45, 7) is 1.85. The first-order chi connectivity index (χ1) is 11.2. The van der Waals surface area contributed by atoms with Gasteiger partial charge in [0.05, 0.1) is 11.7 Å². The average Bonchev–Trinajstić information content (AvgIpc) is 2.55. The second kappa shape index (κ2) is 13.6. The van der Waals surface area contributed by atoms with Crippen molar-refractivity contribution < 1.29 is 9.90 Å². The lowest BCUT2D eigenvalue weighted by molar-refractivity contribution is -0.122. The number of allylic oxidation sites excluding steroid dienone is 2. The Kier molecular flexibility index (Phi) is 12.0. The van der Waals surface area contributed by atoms with Crippen LogP contribution < -0.4 is 0 Å². The third-order valence-corrected chi connectivity index (χ3v) is 5.16. The van der Waals surface area contributed by atoms with E-state index in [-0.39, 0.29) is 11.7 Å². The third-order valence-electron chi connectivity index (χ3n) is 5.16. The SMILES string of the molecule is CC1C(=O)CCCCCCCCCCCCCCCC/C=C/1O. The fourth-order valence-electron chi connectivity index (χ4n) is 3.37. The van der Waals surface area contributed by atoms with Gasteiger partial charge in [0, 0.05) is 6.42 Å². The molecule has 23 heavy (non-hydrogen) atoms. The van der Waals surface area contributed by atoms with E-state index in [0.29, 0.717) is 12.2 Å². The highest BCUT2D eigenvalue weighted by Gasteiger charge is 2.16. The molecule has 0 radical (unpaired) electrons. The summed E-state index contributed by atoms with van der Waals surface area (Å²) in [4.78, 5) is 12.1. The predicted molar refractivity (Wildman–Crippen MR) is 98.8 cm³/mol. The highest BCUT2D eigenvalue weighted by Crippen LogP contribution is 2.17. The lowest BCUT2D eigenvalue weighted by Crippen LogP contribution is -2.13. The number of aliphatic hydroxyl groups is 1. The van der Waals surface area contributed by atoms with E-state index in [2.05, 4.69) is 0 Å². The molecule has 0 aromatic rings. The quantitative estimate of drug-likeness (QED) is 0.527. The van der Waals surface area contributed by atoms with Crippen molar-refractivity contribution in [3.8, 4) is 0 Å². The topological polar surface area (TPSA) is 37.3 Å². The van der Waals surface area contributed by atoms with Crippen molar-refractivity contribution in [1.29, 1.82) is 0 Å². The maximum absolute atomic E-state index is 12.1. The van der Waals surface area contributed by atoms with Gasteiger partial charge in [-0.25, -0.2) is 0 Å². The van der Waals surface area contributed by atoms with Crippen molar-refractivity contribution in [3.05, 3.63) is 11.8 Å². The van der Waals surface area contributed by atoms with Crippen LogP contribution in [0.2, 0.25) is 0 Å². The Hall–Kier alpha value is -0.790. The summed E-state index contributed by atoms with van der Waals surface area (Å²) < 4.78 is 0. The zero-order valence-electron chi connectivity index (χ0n) is 15.3. The Bertz CT molecular complexity index is 333. The van der Waals surface area contributed by atoms with E-state index in [4.69, 9.17) is 0 Å². The van der Waals surface area contributed by atoms with E-state index in [9.17, 15) is 9.90 Å². The van der Waals surface area contributed by atoms with Gasteiger partial charge >= 0.3 is 0 Å². The molecule has 1 N–H and O–H groups in total. The van der Waals surface area contributed by atoms with Crippen molar-refractivity contribution in [3.63, 3.8) is 0 Å². The Labute approximate surface area is 143 Å². The normalized spacial score (nSPS) is 27.8. The summed E-state index contributed by atoms with van der Waals surface area (Å²) in [5.41, 5.74) is 0. The first-order valence-corrected chi connectivity index (χ1v) is 10.1. The lowest BCUT2D eigenvalue weighted by Gasteiger charge is -2.10. The zero-order chi connectivity index (χ0) is 16.8. The molecule has 0 aromatic heterocycles.